The van der Waals surface area contributed by atoms with Crippen LogP contribution in [0.1, 0.15) is 26.3 Å². The van der Waals surface area contributed by atoms with Crippen molar-refractivity contribution in [2.24, 2.45) is 0 Å². The van der Waals surface area contributed by atoms with Crippen LogP contribution in [0, 0.1) is 11.3 Å². The van der Waals surface area contributed by atoms with Crippen LogP contribution < -0.4 is 4.90 Å². The third kappa shape index (κ3) is 8.17. The molecule has 0 amide bonds. The van der Waals surface area contributed by atoms with E-state index in [4.69, 9.17) is 18.9 Å². The van der Waals surface area contributed by atoms with Crippen molar-refractivity contribution in [2.75, 3.05) is 44.4 Å². The van der Waals surface area contributed by atoms with Gasteiger partial charge in [0.2, 0.25) is 0 Å². The average molecular weight is 443 g/mol. The Hall–Kier alpha value is -3.15. The molecule has 0 bridgehead atoms. The average Bonchev–Trinajstić information content (AvgIpc) is 3.61. The number of ether oxygens (including phenoxy) is 4. The molecular formula is C24H30N2O6. The molecule has 0 saturated carbocycles. The van der Waals surface area contributed by atoms with E-state index < -0.39 is 18.0 Å². The minimum Gasteiger partial charge on any atom is -0.458 e. The number of nitrogens with zero attached hydrogens (tertiary/aromatic N) is 2. The summed E-state index contributed by atoms with van der Waals surface area (Å²) in [6, 6.07) is 9.42. The van der Waals surface area contributed by atoms with Gasteiger partial charge in [-0.15, -0.1) is 0 Å². The zero-order valence-electron chi connectivity index (χ0n) is 18.8. The number of benzene rings is 1. The summed E-state index contributed by atoms with van der Waals surface area (Å²) in [6.45, 7) is 11.7. The van der Waals surface area contributed by atoms with Gasteiger partial charge in [-0.1, -0.05) is 18.7 Å². The molecular weight excluding hydrogens is 412 g/mol. The van der Waals surface area contributed by atoms with Gasteiger partial charge in [0, 0.05) is 24.4 Å². The number of esters is 2. The highest BCUT2D eigenvalue weighted by atomic mass is 16.6. The summed E-state index contributed by atoms with van der Waals surface area (Å²) in [5.74, 6) is -1.41. The maximum Gasteiger partial charge on any atom is 0.349 e. The molecule has 0 radical (unpaired) electrons. The summed E-state index contributed by atoms with van der Waals surface area (Å²) in [7, 11) is 0. The van der Waals surface area contributed by atoms with Crippen LogP contribution in [0.4, 0.5) is 5.69 Å². The lowest BCUT2D eigenvalue weighted by molar-refractivity contribution is -0.157. The molecule has 1 aliphatic rings. The zero-order chi connectivity index (χ0) is 23.5. The highest BCUT2D eigenvalue weighted by Crippen LogP contribution is 2.17. The molecule has 1 aromatic carbocycles. The molecule has 0 N–H and O–H groups in total. The minimum absolute atomic E-state index is 0.00630. The van der Waals surface area contributed by atoms with Gasteiger partial charge in [0.25, 0.3) is 0 Å². The van der Waals surface area contributed by atoms with Crippen LogP contribution >= 0.6 is 0 Å². The summed E-state index contributed by atoms with van der Waals surface area (Å²) < 4.78 is 21.0. The van der Waals surface area contributed by atoms with E-state index in [1.54, 1.807) is 0 Å². The fourth-order valence-electron chi connectivity index (χ4n) is 2.79. The van der Waals surface area contributed by atoms with Crippen molar-refractivity contribution in [2.45, 2.75) is 33.0 Å². The first-order valence-electron chi connectivity index (χ1n) is 10.6. The van der Waals surface area contributed by atoms with E-state index in [9.17, 15) is 14.9 Å². The van der Waals surface area contributed by atoms with Crippen molar-refractivity contribution in [1.29, 1.82) is 5.26 Å². The molecule has 0 aromatic heterocycles. The van der Waals surface area contributed by atoms with Crippen LogP contribution in [-0.4, -0.2) is 63.7 Å². The van der Waals surface area contributed by atoms with Gasteiger partial charge in [-0.25, -0.2) is 9.59 Å². The molecule has 0 aliphatic carbocycles. The number of carbonyl (C=O) groups is 2. The van der Waals surface area contributed by atoms with Gasteiger partial charge in [-0.3, -0.25) is 0 Å². The molecule has 1 saturated heterocycles. The Kier molecular flexibility index (Phi) is 9.92. The van der Waals surface area contributed by atoms with E-state index >= 15 is 0 Å². The predicted octanol–water partition coefficient (Wildman–Crippen LogP) is 2.89. The summed E-state index contributed by atoms with van der Waals surface area (Å²) >= 11 is 0. The van der Waals surface area contributed by atoms with E-state index in [2.05, 4.69) is 25.3 Å². The van der Waals surface area contributed by atoms with Crippen molar-refractivity contribution in [3.63, 3.8) is 0 Å². The lowest BCUT2D eigenvalue weighted by Gasteiger charge is -2.20. The quantitative estimate of drug-likeness (QED) is 0.199. The maximum absolute atomic E-state index is 12.6. The van der Waals surface area contributed by atoms with Crippen LogP contribution in [0.3, 0.4) is 0 Å². The van der Waals surface area contributed by atoms with Crippen LogP contribution in [-0.2, 0) is 28.5 Å². The zero-order valence-corrected chi connectivity index (χ0v) is 18.8. The van der Waals surface area contributed by atoms with Gasteiger partial charge in [0.05, 0.1) is 19.8 Å². The highest BCUT2D eigenvalue weighted by Gasteiger charge is 2.25. The third-order valence-corrected chi connectivity index (χ3v) is 4.71. The number of nitriles is 1. The second-order valence-electron chi connectivity index (χ2n) is 7.33. The van der Waals surface area contributed by atoms with Gasteiger partial charge in [-0.2, -0.15) is 5.26 Å². The molecule has 32 heavy (non-hydrogen) atoms. The molecule has 1 fully saturated rings. The Morgan fingerprint density at radius 2 is 1.91 bits per heavy atom. The Balaban J connectivity index is 2.04. The molecule has 172 valence electrons. The topological polar surface area (TPSA) is 101 Å². The predicted molar refractivity (Wildman–Crippen MR) is 120 cm³/mol. The molecule has 1 aliphatic heterocycles. The molecule has 2 unspecified atom stereocenters. The summed E-state index contributed by atoms with van der Waals surface area (Å²) in [6.07, 6.45) is 0.633. The molecule has 0 spiro atoms. The van der Waals surface area contributed by atoms with Crippen LogP contribution in [0.15, 0.2) is 42.0 Å². The van der Waals surface area contributed by atoms with E-state index in [0.29, 0.717) is 18.8 Å². The molecule has 2 rings (SSSR count). The third-order valence-electron chi connectivity index (χ3n) is 4.71. The Labute approximate surface area is 189 Å². The van der Waals surface area contributed by atoms with Crippen LogP contribution in [0.5, 0.6) is 0 Å². The monoisotopic (exact) mass is 442 g/mol. The summed E-state index contributed by atoms with van der Waals surface area (Å²) in [4.78, 5) is 26.5. The Morgan fingerprint density at radius 3 is 2.44 bits per heavy atom. The molecule has 1 heterocycles. The standard InChI is InChI=1S/C24H30N2O6/c1-5-26(6-2)20-9-7-18(8-10-20)11-19(12-25)24(28)32-22(14-29-13-21-15-30-21)16-31-23(27)17(3)4/h7-11,21-22H,3,5-6,13-16H2,1-2,4H3. The normalized spacial score (nSPS) is 15.9. The summed E-state index contributed by atoms with van der Waals surface area (Å²) in [5, 5.41) is 9.47. The van der Waals surface area contributed by atoms with Crippen molar-refractivity contribution in [1.82, 2.24) is 0 Å². The van der Waals surface area contributed by atoms with Gasteiger partial charge in [-0.05, 0) is 44.5 Å². The van der Waals surface area contributed by atoms with E-state index in [-0.39, 0.29) is 30.5 Å². The number of hydrogen-bond acceptors (Lipinski definition) is 8. The van der Waals surface area contributed by atoms with Crippen LogP contribution in [0.2, 0.25) is 0 Å². The summed E-state index contributed by atoms with van der Waals surface area (Å²) in [5.41, 5.74) is 1.82. The smallest absolute Gasteiger partial charge is 0.349 e. The van der Waals surface area contributed by atoms with Crippen molar-refractivity contribution in [3.8, 4) is 6.07 Å². The second kappa shape index (κ2) is 12.6. The number of anilines is 1. The van der Waals surface area contributed by atoms with E-state index in [1.807, 2.05) is 30.3 Å². The lowest BCUT2D eigenvalue weighted by atomic mass is 10.1. The number of hydrogen-bond donors (Lipinski definition) is 0. The van der Waals surface area contributed by atoms with Crippen molar-refractivity contribution >= 4 is 23.7 Å². The van der Waals surface area contributed by atoms with Gasteiger partial charge >= 0.3 is 11.9 Å². The SMILES string of the molecule is C=C(C)C(=O)OCC(COCC1CO1)OC(=O)C(C#N)=Cc1ccc(N(CC)CC)cc1. The largest absolute Gasteiger partial charge is 0.458 e. The van der Waals surface area contributed by atoms with E-state index in [0.717, 1.165) is 18.8 Å². The number of carbonyl (C=O) groups excluding carboxylic acids is 2. The molecule has 8 heteroatoms. The first kappa shape index (κ1) is 25.1. The second-order valence-corrected chi connectivity index (χ2v) is 7.33. The fraction of sp³-hybridized carbons (Fsp3) is 0.458. The van der Waals surface area contributed by atoms with E-state index in [1.165, 1.54) is 13.0 Å². The highest BCUT2D eigenvalue weighted by molar-refractivity contribution is 5.98. The van der Waals surface area contributed by atoms with Crippen LogP contribution in [0.25, 0.3) is 6.08 Å². The molecule has 8 nitrogen and oxygen atoms in total. The van der Waals surface area contributed by atoms with Crippen molar-refractivity contribution in [3.05, 3.63) is 47.6 Å². The van der Waals surface area contributed by atoms with Crippen molar-refractivity contribution < 1.29 is 28.5 Å². The molecule has 2 atom stereocenters. The van der Waals surface area contributed by atoms with Gasteiger partial charge in [0.15, 0.2) is 6.10 Å². The minimum atomic E-state index is -0.869. The Bertz CT molecular complexity index is 863. The first-order valence-corrected chi connectivity index (χ1v) is 10.6. The fourth-order valence-corrected chi connectivity index (χ4v) is 2.79. The van der Waals surface area contributed by atoms with Gasteiger partial charge in [0.1, 0.15) is 24.4 Å². The lowest BCUT2D eigenvalue weighted by Crippen LogP contribution is -2.31. The maximum atomic E-state index is 12.6. The molecule has 1 aromatic rings. The Morgan fingerprint density at radius 1 is 1.25 bits per heavy atom. The first-order chi connectivity index (χ1) is 15.4. The number of rotatable bonds is 13. The van der Waals surface area contributed by atoms with Gasteiger partial charge < -0.3 is 23.8 Å². The number of epoxide rings is 1.